The summed E-state index contributed by atoms with van der Waals surface area (Å²) in [4.78, 5) is 23.2. The summed E-state index contributed by atoms with van der Waals surface area (Å²) >= 11 is 6.10. The van der Waals surface area contributed by atoms with Crippen molar-refractivity contribution in [2.24, 2.45) is 0 Å². The number of hydrogen-bond acceptors (Lipinski definition) is 4. The molecule has 0 unspecified atom stereocenters. The van der Waals surface area contributed by atoms with Crippen molar-refractivity contribution in [3.8, 4) is 0 Å². The molecular formula is C19H17ClN4O. The number of aromatic nitrogens is 2. The number of hydrogen-bond donors (Lipinski definition) is 1. The number of amides is 1. The van der Waals surface area contributed by atoms with Crippen LogP contribution in [-0.4, -0.2) is 29.0 Å². The number of rotatable bonds is 2. The minimum Gasteiger partial charge on any atom is -0.354 e. The van der Waals surface area contributed by atoms with E-state index >= 15 is 0 Å². The van der Waals surface area contributed by atoms with Crippen LogP contribution >= 0.6 is 11.6 Å². The molecule has 2 aromatic carbocycles. The third-order valence-electron chi connectivity index (χ3n) is 4.46. The van der Waals surface area contributed by atoms with Crippen molar-refractivity contribution in [1.82, 2.24) is 15.3 Å². The second kappa shape index (κ2) is 6.69. The summed E-state index contributed by atoms with van der Waals surface area (Å²) in [6.45, 7) is 1.27. The van der Waals surface area contributed by atoms with E-state index in [0.717, 1.165) is 22.3 Å². The standard InChI is InChI=1S/C19H17ClN4O/c20-14-6-7-15-16(10-14)22-12-23-19(15)24-9-8-21-18(25)11-17(24)13-4-2-1-3-5-13/h1-7,10,12,17H,8-9,11H2,(H,21,25)/t17-/m0/s1. The molecule has 6 heteroatoms. The molecular weight excluding hydrogens is 336 g/mol. The minimum absolute atomic E-state index is 0.0535. The zero-order valence-electron chi connectivity index (χ0n) is 13.5. The predicted molar refractivity (Wildman–Crippen MR) is 98.7 cm³/mol. The Morgan fingerprint density at radius 3 is 2.80 bits per heavy atom. The van der Waals surface area contributed by atoms with Crippen molar-refractivity contribution in [1.29, 1.82) is 0 Å². The maximum atomic E-state index is 12.2. The van der Waals surface area contributed by atoms with Crippen molar-refractivity contribution in [2.45, 2.75) is 12.5 Å². The molecule has 25 heavy (non-hydrogen) atoms. The molecule has 0 aliphatic carbocycles. The van der Waals surface area contributed by atoms with Crippen molar-refractivity contribution in [3.05, 3.63) is 65.4 Å². The number of halogens is 1. The fourth-order valence-corrected chi connectivity index (χ4v) is 3.47. The molecule has 1 aliphatic heterocycles. The molecule has 126 valence electrons. The maximum absolute atomic E-state index is 12.2. The van der Waals surface area contributed by atoms with E-state index in [4.69, 9.17) is 11.6 Å². The van der Waals surface area contributed by atoms with Gasteiger partial charge in [-0.2, -0.15) is 0 Å². The van der Waals surface area contributed by atoms with Gasteiger partial charge in [0.05, 0.1) is 18.0 Å². The van der Waals surface area contributed by atoms with E-state index in [-0.39, 0.29) is 11.9 Å². The van der Waals surface area contributed by atoms with Crippen LogP contribution in [0.3, 0.4) is 0 Å². The SMILES string of the molecule is O=C1C[C@@H](c2ccccc2)N(c2ncnc3cc(Cl)ccc23)CCN1. The Bertz CT molecular complexity index is 916. The van der Waals surface area contributed by atoms with Gasteiger partial charge in [-0.3, -0.25) is 4.79 Å². The molecule has 2 heterocycles. The monoisotopic (exact) mass is 352 g/mol. The van der Waals surface area contributed by atoms with Crippen LogP contribution in [0.2, 0.25) is 5.02 Å². The van der Waals surface area contributed by atoms with Crippen LogP contribution in [0.1, 0.15) is 18.0 Å². The van der Waals surface area contributed by atoms with Gasteiger partial charge in [-0.25, -0.2) is 9.97 Å². The highest BCUT2D eigenvalue weighted by Crippen LogP contribution is 2.33. The average Bonchev–Trinajstić information content (AvgIpc) is 2.83. The fourth-order valence-electron chi connectivity index (χ4n) is 3.30. The lowest BCUT2D eigenvalue weighted by Gasteiger charge is -2.31. The van der Waals surface area contributed by atoms with Crippen LogP contribution in [0.5, 0.6) is 0 Å². The van der Waals surface area contributed by atoms with Crippen LogP contribution in [0.15, 0.2) is 54.9 Å². The maximum Gasteiger partial charge on any atom is 0.222 e. The normalized spacial score (nSPS) is 18.0. The topological polar surface area (TPSA) is 58.1 Å². The van der Waals surface area contributed by atoms with Gasteiger partial charge in [-0.05, 0) is 23.8 Å². The second-order valence-corrected chi connectivity index (χ2v) is 6.47. The van der Waals surface area contributed by atoms with Crippen molar-refractivity contribution >= 4 is 34.2 Å². The van der Waals surface area contributed by atoms with Crippen molar-refractivity contribution in [2.75, 3.05) is 18.0 Å². The third kappa shape index (κ3) is 3.15. The van der Waals surface area contributed by atoms with Gasteiger partial charge in [0, 0.05) is 23.5 Å². The number of anilines is 1. The summed E-state index contributed by atoms with van der Waals surface area (Å²) < 4.78 is 0. The molecule has 0 radical (unpaired) electrons. The van der Waals surface area contributed by atoms with Gasteiger partial charge in [-0.15, -0.1) is 0 Å². The lowest BCUT2D eigenvalue weighted by Crippen LogP contribution is -2.31. The van der Waals surface area contributed by atoms with Crippen LogP contribution in [0, 0.1) is 0 Å². The van der Waals surface area contributed by atoms with E-state index in [1.54, 1.807) is 6.33 Å². The summed E-state index contributed by atoms with van der Waals surface area (Å²) in [7, 11) is 0. The zero-order chi connectivity index (χ0) is 17.2. The largest absolute Gasteiger partial charge is 0.354 e. The van der Waals surface area contributed by atoms with E-state index in [1.165, 1.54) is 0 Å². The number of fused-ring (bicyclic) bond motifs is 1. The van der Waals surface area contributed by atoms with E-state index in [1.807, 2.05) is 36.4 Å². The highest BCUT2D eigenvalue weighted by Gasteiger charge is 2.28. The van der Waals surface area contributed by atoms with E-state index < -0.39 is 0 Å². The van der Waals surface area contributed by atoms with E-state index in [9.17, 15) is 4.79 Å². The summed E-state index contributed by atoms with van der Waals surface area (Å²) in [5.74, 6) is 0.879. The molecule has 1 atom stereocenters. The highest BCUT2D eigenvalue weighted by atomic mass is 35.5. The quantitative estimate of drug-likeness (QED) is 0.768. The first-order valence-corrected chi connectivity index (χ1v) is 8.59. The molecule has 1 saturated heterocycles. The molecule has 1 aliphatic rings. The second-order valence-electron chi connectivity index (χ2n) is 6.03. The van der Waals surface area contributed by atoms with Crippen LogP contribution in [-0.2, 0) is 4.79 Å². The van der Waals surface area contributed by atoms with Gasteiger partial charge in [0.1, 0.15) is 12.1 Å². The smallest absolute Gasteiger partial charge is 0.222 e. The summed E-state index contributed by atoms with van der Waals surface area (Å²) in [5.41, 5.74) is 1.90. The van der Waals surface area contributed by atoms with Crippen LogP contribution in [0.25, 0.3) is 10.9 Å². The summed E-state index contributed by atoms with van der Waals surface area (Å²) in [6.07, 6.45) is 1.94. The lowest BCUT2D eigenvalue weighted by atomic mass is 10.0. The Morgan fingerprint density at radius 1 is 1.12 bits per heavy atom. The van der Waals surface area contributed by atoms with Crippen molar-refractivity contribution in [3.63, 3.8) is 0 Å². The molecule has 0 bridgehead atoms. The molecule has 1 N–H and O–H groups in total. The number of nitrogens with one attached hydrogen (secondary N) is 1. The van der Waals surface area contributed by atoms with E-state index in [0.29, 0.717) is 24.5 Å². The first kappa shape index (κ1) is 15.8. The van der Waals surface area contributed by atoms with Gasteiger partial charge >= 0.3 is 0 Å². The van der Waals surface area contributed by atoms with Gasteiger partial charge in [-0.1, -0.05) is 41.9 Å². The minimum atomic E-state index is -0.0718. The molecule has 3 aromatic rings. The third-order valence-corrected chi connectivity index (χ3v) is 4.70. The Morgan fingerprint density at radius 2 is 1.96 bits per heavy atom. The Hall–Kier alpha value is -2.66. The Balaban J connectivity index is 1.85. The van der Waals surface area contributed by atoms with Crippen LogP contribution < -0.4 is 10.2 Å². The van der Waals surface area contributed by atoms with Gasteiger partial charge in [0.15, 0.2) is 0 Å². The molecule has 0 saturated carbocycles. The molecule has 1 aromatic heterocycles. The van der Waals surface area contributed by atoms with Gasteiger partial charge in [0.2, 0.25) is 5.91 Å². The van der Waals surface area contributed by atoms with Crippen LogP contribution in [0.4, 0.5) is 5.82 Å². The summed E-state index contributed by atoms with van der Waals surface area (Å²) in [5, 5.41) is 4.53. The first-order chi connectivity index (χ1) is 12.2. The van der Waals surface area contributed by atoms with Gasteiger partial charge in [0.25, 0.3) is 0 Å². The molecule has 1 fully saturated rings. The summed E-state index contributed by atoms with van der Waals surface area (Å²) in [6, 6.07) is 15.6. The zero-order valence-corrected chi connectivity index (χ0v) is 14.3. The molecule has 1 amide bonds. The molecule has 5 nitrogen and oxygen atoms in total. The Labute approximate surface area is 150 Å². The first-order valence-electron chi connectivity index (χ1n) is 8.21. The predicted octanol–water partition coefficient (Wildman–Crippen LogP) is 3.35. The lowest BCUT2D eigenvalue weighted by molar-refractivity contribution is -0.121. The molecule has 0 spiro atoms. The van der Waals surface area contributed by atoms with E-state index in [2.05, 4.69) is 32.3 Å². The average molecular weight is 353 g/mol. The number of carbonyl (C=O) groups excluding carboxylic acids is 1. The number of carbonyl (C=O) groups is 1. The number of benzene rings is 2. The number of nitrogens with zero attached hydrogens (tertiary/aromatic N) is 3. The Kier molecular flexibility index (Phi) is 4.24. The molecule has 4 rings (SSSR count). The fraction of sp³-hybridized carbons (Fsp3) is 0.211. The van der Waals surface area contributed by atoms with Crippen molar-refractivity contribution < 1.29 is 4.79 Å². The highest BCUT2D eigenvalue weighted by molar-refractivity contribution is 6.31. The van der Waals surface area contributed by atoms with Gasteiger partial charge < -0.3 is 10.2 Å².